The summed E-state index contributed by atoms with van der Waals surface area (Å²) in [5.74, 6) is -0.850. The molecule has 2 heterocycles. The molecule has 226 valence electrons. The van der Waals surface area contributed by atoms with Crippen LogP contribution >= 0.6 is 0 Å². The molecule has 0 saturated carbocycles. The van der Waals surface area contributed by atoms with E-state index in [9.17, 15) is 14.4 Å². The predicted octanol–water partition coefficient (Wildman–Crippen LogP) is 4.49. The van der Waals surface area contributed by atoms with Crippen molar-refractivity contribution < 1.29 is 32.7 Å². The minimum Gasteiger partial charge on any atom is -0.459 e. The van der Waals surface area contributed by atoms with E-state index in [0.29, 0.717) is 0 Å². The van der Waals surface area contributed by atoms with Gasteiger partial charge in [0.2, 0.25) is 5.91 Å². The first-order valence-electron chi connectivity index (χ1n) is 14.0. The van der Waals surface area contributed by atoms with Crippen molar-refractivity contribution in [1.29, 1.82) is 0 Å². The quantitative estimate of drug-likeness (QED) is 0.314. The highest BCUT2D eigenvalue weighted by Gasteiger charge is 2.56. The number of nitrogens with one attached hydrogen (secondary N) is 1. The fraction of sp³-hybridized carbons (Fsp3) is 0.889. The SMILES string of the molecule is CC(C)(C)OC(=O)[C@H](N)C[C@H]1O[C@@H](N2CCC(=O)NC2=O)[C@H](O[Si](C)(C)C(C)(C)C)[C@@H]1O[Si](C)(C)C(C)(C)C. The van der Waals surface area contributed by atoms with Crippen LogP contribution in [0.2, 0.25) is 36.3 Å². The number of urea groups is 1. The van der Waals surface area contributed by atoms with Gasteiger partial charge in [0.15, 0.2) is 22.9 Å². The molecule has 0 radical (unpaired) electrons. The highest BCUT2D eigenvalue weighted by atomic mass is 28.4. The third-order valence-corrected chi connectivity index (χ3v) is 17.3. The van der Waals surface area contributed by atoms with Crippen LogP contribution in [0.15, 0.2) is 0 Å². The molecule has 2 aliphatic rings. The molecular weight excluding hydrogens is 534 g/mol. The van der Waals surface area contributed by atoms with Crippen molar-refractivity contribution in [2.24, 2.45) is 5.73 Å². The monoisotopic (exact) mass is 587 g/mol. The van der Waals surface area contributed by atoms with E-state index < -0.39 is 64.8 Å². The summed E-state index contributed by atoms with van der Waals surface area (Å²) in [4.78, 5) is 39.3. The maximum Gasteiger partial charge on any atom is 0.326 e. The van der Waals surface area contributed by atoms with Crippen molar-refractivity contribution in [3.8, 4) is 0 Å². The second kappa shape index (κ2) is 11.5. The Morgan fingerprint density at radius 1 is 0.974 bits per heavy atom. The number of carbonyl (C=O) groups excluding carboxylic acids is 3. The minimum atomic E-state index is -2.39. The first-order valence-corrected chi connectivity index (χ1v) is 19.8. The van der Waals surface area contributed by atoms with Crippen LogP contribution in [-0.4, -0.2) is 82.2 Å². The summed E-state index contributed by atoms with van der Waals surface area (Å²) < 4.78 is 26.1. The maximum absolute atomic E-state index is 13.0. The number of esters is 1. The van der Waals surface area contributed by atoms with Gasteiger partial charge in [0, 0.05) is 19.4 Å². The molecule has 0 unspecified atom stereocenters. The van der Waals surface area contributed by atoms with Crippen LogP contribution in [-0.2, 0) is 27.9 Å². The summed E-state index contributed by atoms with van der Waals surface area (Å²) in [7, 11) is -4.76. The molecule has 2 rings (SSSR count). The number of ether oxygens (including phenoxy) is 2. The van der Waals surface area contributed by atoms with Crippen molar-refractivity contribution in [1.82, 2.24) is 10.2 Å². The molecule has 2 saturated heterocycles. The number of rotatable bonds is 8. The number of hydrogen-bond donors (Lipinski definition) is 2. The predicted molar refractivity (Wildman–Crippen MR) is 156 cm³/mol. The lowest BCUT2D eigenvalue weighted by atomic mass is 10.0. The van der Waals surface area contributed by atoms with Crippen molar-refractivity contribution in [2.75, 3.05) is 6.54 Å². The second-order valence-electron chi connectivity index (χ2n) is 14.9. The number of hydrogen-bond acceptors (Lipinski definition) is 8. The van der Waals surface area contributed by atoms with Gasteiger partial charge < -0.3 is 24.1 Å². The maximum atomic E-state index is 13.0. The second-order valence-corrected chi connectivity index (χ2v) is 24.4. The molecule has 0 bridgehead atoms. The van der Waals surface area contributed by atoms with Gasteiger partial charge in [0.05, 0.1) is 6.10 Å². The van der Waals surface area contributed by atoms with Crippen LogP contribution in [0.5, 0.6) is 0 Å². The number of imide groups is 1. The molecule has 0 spiro atoms. The lowest BCUT2D eigenvalue weighted by Crippen LogP contribution is -2.60. The fourth-order valence-corrected chi connectivity index (χ4v) is 6.60. The van der Waals surface area contributed by atoms with Gasteiger partial charge in [0.1, 0.15) is 23.9 Å². The fourth-order valence-electron chi connectivity index (χ4n) is 3.99. The van der Waals surface area contributed by atoms with Crippen molar-refractivity contribution >= 4 is 34.5 Å². The summed E-state index contributed by atoms with van der Waals surface area (Å²) in [6.45, 7) is 27.1. The highest BCUT2D eigenvalue weighted by Crippen LogP contribution is 2.44. The minimum absolute atomic E-state index is 0.112. The van der Waals surface area contributed by atoms with Gasteiger partial charge >= 0.3 is 12.0 Å². The molecular formula is C27H53N3O7Si2. The van der Waals surface area contributed by atoms with Crippen LogP contribution in [0.25, 0.3) is 0 Å². The zero-order chi connectivity index (χ0) is 30.4. The number of nitrogens with zero attached hydrogens (tertiary/aromatic N) is 1. The number of amides is 3. The molecule has 0 aromatic heterocycles. The molecule has 10 nitrogen and oxygen atoms in total. The Kier molecular flexibility index (Phi) is 10.0. The Morgan fingerprint density at radius 3 is 1.90 bits per heavy atom. The lowest BCUT2D eigenvalue weighted by Gasteiger charge is -2.45. The van der Waals surface area contributed by atoms with Crippen molar-refractivity contribution in [3.63, 3.8) is 0 Å². The van der Waals surface area contributed by atoms with Gasteiger partial charge in [-0.05, 0) is 57.0 Å². The van der Waals surface area contributed by atoms with E-state index in [0.717, 1.165) is 0 Å². The molecule has 12 heteroatoms. The van der Waals surface area contributed by atoms with Crippen molar-refractivity contribution in [2.45, 2.75) is 148 Å². The molecule has 0 aliphatic carbocycles. The summed E-state index contributed by atoms with van der Waals surface area (Å²) in [6, 6.07) is -1.48. The molecule has 2 fully saturated rings. The van der Waals surface area contributed by atoms with Crippen LogP contribution in [0.4, 0.5) is 4.79 Å². The smallest absolute Gasteiger partial charge is 0.326 e. The normalized spacial score (nSPS) is 26.5. The van der Waals surface area contributed by atoms with Crippen LogP contribution < -0.4 is 11.1 Å². The van der Waals surface area contributed by atoms with E-state index in [1.54, 1.807) is 20.8 Å². The van der Waals surface area contributed by atoms with Crippen LogP contribution in [0.1, 0.15) is 75.2 Å². The van der Waals surface area contributed by atoms with Crippen LogP contribution in [0, 0.1) is 0 Å². The Bertz CT molecular complexity index is 922. The van der Waals surface area contributed by atoms with E-state index in [4.69, 9.17) is 24.1 Å². The first kappa shape index (κ1) is 33.9. The Hall–Kier alpha value is -1.32. The zero-order valence-electron chi connectivity index (χ0n) is 26.4. The number of nitrogens with two attached hydrogens (primary N) is 1. The molecule has 3 amide bonds. The molecule has 3 N–H and O–H groups in total. The summed E-state index contributed by atoms with van der Waals surface area (Å²) >= 11 is 0. The topological polar surface area (TPSA) is 129 Å². The summed E-state index contributed by atoms with van der Waals surface area (Å²) in [5, 5.41) is 2.17. The van der Waals surface area contributed by atoms with E-state index in [1.807, 2.05) is 0 Å². The Morgan fingerprint density at radius 2 is 1.46 bits per heavy atom. The van der Waals surface area contributed by atoms with Gasteiger partial charge in [-0.15, -0.1) is 0 Å². The van der Waals surface area contributed by atoms with Gasteiger partial charge in [-0.2, -0.15) is 0 Å². The van der Waals surface area contributed by atoms with Gasteiger partial charge in [-0.1, -0.05) is 41.5 Å². The standard InChI is InChI=1S/C27H53N3O7Si2/c1-25(2,3)35-23(32)17(28)16-18-20(36-38(10,11)26(4,5)6)21(37-39(12,13)27(7,8)9)22(34-18)30-15-14-19(31)29-24(30)33/h17-18,20-22H,14-16,28H2,1-13H3,(H,29,31,33)/t17-,18-,20-,21-,22-/m1/s1. The van der Waals surface area contributed by atoms with Crippen molar-refractivity contribution in [3.05, 3.63) is 0 Å². The average Bonchev–Trinajstić information content (AvgIpc) is 3.00. The molecule has 0 aromatic carbocycles. The van der Waals surface area contributed by atoms with E-state index in [2.05, 4.69) is 73.0 Å². The molecule has 39 heavy (non-hydrogen) atoms. The van der Waals surface area contributed by atoms with E-state index in [-0.39, 0.29) is 35.4 Å². The number of carbonyl (C=O) groups is 3. The molecule has 0 aromatic rings. The Labute approximate surface area is 237 Å². The lowest BCUT2D eigenvalue weighted by molar-refractivity contribution is -0.158. The average molecular weight is 588 g/mol. The highest BCUT2D eigenvalue weighted by molar-refractivity contribution is 6.74. The summed E-state index contributed by atoms with van der Waals surface area (Å²) in [6.07, 6.45) is -2.35. The zero-order valence-corrected chi connectivity index (χ0v) is 28.4. The van der Waals surface area contributed by atoms with E-state index in [1.165, 1.54) is 4.90 Å². The Balaban J connectivity index is 2.55. The third kappa shape index (κ3) is 8.35. The van der Waals surface area contributed by atoms with Gasteiger partial charge in [0.25, 0.3) is 0 Å². The summed E-state index contributed by atoms with van der Waals surface area (Å²) in [5.41, 5.74) is 5.68. The molecule has 2 aliphatic heterocycles. The van der Waals surface area contributed by atoms with Crippen LogP contribution in [0.3, 0.4) is 0 Å². The largest absolute Gasteiger partial charge is 0.459 e. The first-order chi connectivity index (χ1) is 17.4. The van der Waals surface area contributed by atoms with E-state index >= 15 is 0 Å². The molecule has 5 atom stereocenters. The third-order valence-electron chi connectivity index (χ3n) is 8.35. The van der Waals surface area contributed by atoms with Gasteiger partial charge in [-0.3, -0.25) is 19.8 Å². The van der Waals surface area contributed by atoms with Gasteiger partial charge in [-0.25, -0.2) is 4.79 Å².